The lowest BCUT2D eigenvalue weighted by atomic mass is 9.85. The predicted octanol–water partition coefficient (Wildman–Crippen LogP) is 7.17. The van der Waals surface area contributed by atoms with Crippen LogP contribution in [0.2, 0.25) is 5.02 Å². The van der Waals surface area contributed by atoms with Crippen LogP contribution in [0.3, 0.4) is 0 Å². The van der Waals surface area contributed by atoms with Gasteiger partial charge in [-0.3, -0.25) is 4.79 Å². The number of pyridine rings is 1. The molecular formula is C28H25ClN2O3S. The topological polar surface area (TPSA) is 68.3 Å². The number of carbonyl (C=O) groups excluding carboxylic acids is 2. The standard InChI is InChI=1S/C28H25ClN2O3S/c1-3-16-12-13-19-24(14-16)35-27(25(19)28(33)34-2)31-26(32)20-15-23(18-9-4-6-10-21(18)29)30-22-11-7-5-8-17(20)22/h4-11,15-16H,3,12-14H2,1-2H3,(H,31,32). The molecule has 1 aliphatic carbocycles. The first-order valence-corrected chi connectivity index (χ1v) is 12.9. The fraction of sp³-hybridized carbons (Fsp3) is 0.250. The number of hydrogen-bond acceptors (Lipinski definition) is 5. The fourth-order valence-corrected chi connectivity index (χ4v) is 6.33. The van der Waals surface area contributed by atoms with E-state index in [1.807, 2.05) is 42.5 Å². The van der Waals surface area contributed by atoms with Gasteiger partial charge in [0, 0.05) is 20.8 Å². The lowest BCUT2D eigenvalue weighted by molar-refractivity contribution is 0.0601. The highest BCUT2D eigenvalue weighted by atomic mass is 35.5. The van der Waals surface area contributed by atoms with Crippen LogP contribution in [0, 0.1) is 5.92 Å². The van der Waals surface area contributed by atoms with Crippen LogP contribution < -0.4 is 5.32 Å². The van der Waals surface area contributed by atoms with E-state index in [4.69, 9.17) is 21.3 Å². The van der Waals surface area contributed by atoms with Crippen LogP contribution in [0.1, 0.15) is 50.9 Å². The van der Waals surface area contributed by atoms with Crippen LogP contribution >= 0.6 is 22.9 Å². The molecule has 1 atom stereocenters. The molecule has 178 valence electrons. The molecule has 0 radical (unpaired) electrons. The smallest absolute Gasteiger partial charge is 0.341 e. The molecule has 1 aliphatic rings. The number of thiophene rings is 1. The molecule has 5 nitrogen and oxygen atoms in total. The minimum Gasteiger partial charge on any atom is -0.465 e. The number of ether oxygens (including phenoxy) is 1. The number of carbonyl (C=O) groups is 2. The van der Waals surface area contributed by atoms with Gasteiger partial charge in [0.05, 0.1) is 29.4 Å². The molecule has 1 unspecified atom stereocenters. The van der Waals surface area contributed by atoms with Gasteiger partial charge in [-0.25, -0.2) is 9.78 Å². The van der Waals surface area contributed by atoms with Gasteiger partial charge >= 0.3 is 5.97 Å². The molecule has 1 amide bonds. The Bertz CT molecular complexity index is 1450. The third-order valence-corrected chi connectivity index (χ3v) is 8.17. The van der Waals surface area contributed by atoms with Gasteiger partial charge in [0.25, 0.3) is 5.91 Å². The second-order valence-corrected chi connectivity index (χ2v) is 10.2. The number of nitrogens with one attached hydrogen (secondary N) is 1. The molecule has 0 saturated heterocycles. The van der Waals surface area contributed by atoms with Gasteiger partial charge < -0.3 is 10.1 Å². The van der Waals surface area contributed by atoms with Crippen molar-refractivity contribution in [3.63, 3.8) is 0 Å². The van der Waals surface area contributed by atoms with Crippen LogP contribution in [0.25, 0.3) is 22.2 Å². The molecular weight excluding hydrogens is 480 g/mol. The Morgan fingerprint density at radius 2 is 1.94 bits per heavy atom. The Labute approximate surface area is 213 Å². The minimum absolute atomic E-state index is 0.298. The van der Waals surface area contributed by atoms with Crippen LogP contribution in [0.5, 0.6) is 0 Å². The van der Waals surface area contributed by atoms with Crippen molar-refractivity contribution in [2.24, 2.45) is 5.92 Å². The van der Waals surface area contributed by atoms with Crippen LogP contribution in [-0.4, -0.2) is 24.0 Å². The number of para-hydroxylation sites is 1. The minimum atomic E-state index is -0.413. The molecule has 1 N–H and O–H groups in total. The van der Waals surface area contributed by atoms with Gasteiger partial charge in [-0.15, -0.1) is 11.3 Å². The number of rotatable bonds is 5. The maximum absolute atomic E-state index is 13.7. The van der Waals surface area contributed by atoms with Gasteiger partial charge in [-0.05, 0) is 48.9 Å². The van der Waals surface area contributed by atoms with E-state index in [-0.39, 0.29) is 5.91 Å². The van der Waals surface area contributed by atoms with Crippen molar-refractivity contribution in [2.45, 2.75) is 32.6 Å². The Hall–Kier alpha value is -3.22. The van der Waals surface area contributed by atoms with Crippen molar-refractivity contribution in [3.8, 4) is 11.3 Å². The maximum Gasteiger partial charge on any atom is 0.341 e. The number of hydrogen-bond donors (Lipinski definition) is 1. The van der Waals surface area contributed by atoms with Gasteiger partial charge in [0.1, 0.15) is 5.00 Å². The number of anilines is 1. The van der Waals surface area contributed by atoms with Gasteiger partial charge in [-0.2, -0.15) is 0 Å². The molecule has 0 fully saturated rings. The summed E-state index contributed by atoms with van der Waals surface area (Å²) in [6, 6.07) is 16.7. The summed E-state index contributed by atoms with van der Waals surface area (Å²) in [5.41, 5.74) is 4.03. The number of amides is 1. The predicted molar refractivity (Wildman–Crippen MR) is 142 cm³/mol. The second kappa shape index (κ2) is 9.80. The van der Waals surface area contributed by atoms with Gasteiger partial charge in [0.2, 0.25) is 0 Å². The summed E-state index contributed by atoms with van der Waals surface area (Å²) in [7, 11) is 1.38. The molecule has 7 heteroatoms. The Morgan fingerprint density at radius 3 is 2.71 bits per heavy atom. The molecule has 5 rings (SSSR count). The molecule has 0 aliphatic heterocycles. The Balaban J connectivity index is 1.59. The monoisotopic (exact) mass is 504 g/mol. The number of benzene rings is 2. The zero-order chi connectivity index (χ0) is 24.5. The average molecular weight is 505 g/mol. The van der Waals surface area contributed by atoms with Gasteiger partial charge in [-0.1, -0.05) is 61.3 Å². The van der Waals surface area contributed by atoms with E-state index in [1.54, 1.807) is 12.1 Å². The highest BCUT2D eigenvalue weighted by molar-refractivity contribution is 7.17. The maximum atomic E-state index is 13.7. The second-order valence-electron chi connectivity index (χ2n) is 8.72. The van der Waals surface area contributed by atoms with E-state index < -0.39 is 5.97 Å². The van der Waals surface area contributed by atoms with Crippen molar-refractivity contribution in [1.82, 2.24) is 4.98 Å². The van der Waals surface area contributed by atoms with E-state index >= 15 is 0 Å². The van der Waals surface area contributed by atoms with Gasteiger partial charge in [0.15, 0.2) is 0 Å². The number of halogens is 1. The lowest BCUT2D eigenvalue weighted by Crippen LogP contribution is -2.17. The first kappa shape index (κ1) is 23.5. The van der Waals surface area contributed by atoms with E-state index in [0.717, 1.165) is 47.1 Å². The zero-order valence-corrected chi connectivity index (χ0v) is 21.1. The van der Waals surface area contributed by atoms with Crippen molar-refractivity contribution in [3.05, 3.63) is 81.2 Å². The number of methoxy groups -OCH3 is 1. The fourth-order valence-electron chi connectivity index (χ4n) is 4.75. The zero-order valence-electron chi connectivity index (χ0n) is 19.6. The lowest BCUT2D eigenvalue weighted by Gasteiger charge is -2.20. The summed E-state index contributed by atoms with van der Waals surface area (Å²) in [6.07, 6.45) is 3.87. The van der Waals surface area contributed by atoms with Crippen LogP contribution in [-0.2, 0) is 17.6 Å². The molecule has 4 aromatic rings. The quantitative estimate of drug-likeness (QED) is 0.292. The first-order valence-electron chi connectivity index (χ1n) is 11.7. The molecule has 2 heterocycles. The number of esters is 1. The van der Waals surface area contributed by atoms with E-state index in [0.29, 0.717) is 38.3 Å². The molecule has 0 saturated carbocycles. The number of aromatic nitrogens is 1. The summed E-state index contributed by atoms with van der Waals surface area (Å²) in [6.45, 7) is 2.19. The van der Waals surface area contributed by atoms with Crippen LogP contribution in [0.15, 0.2) is 54.6 Å². The highest BCUT2D eigenvalue weighted by Crippen LogP contribution is 2.41. The Morgan fingerprint density at radius 1 is 1.17 bits per heavy atom. The molecule has 0 spiro atoms. The third kappa shape index (κ3) is 4.44. The SMILES string of the molecule is CCC1CCc2c(sc(NC(=O)c3cc(-c4ccccc4Cl)nc4ccccc34)c2C(=O)OC)C1. The highest BCUT2D eigenvalue weighted by Gasteiger charge is 2.30. The molecule has 0 bridgehead atoms. The summed E-state index contributed by atoms with van der Waals surface area (Å²) in [4.78, 5) is 32.3. The molecule has 2 aromatic heterocycles. The summed E-state index contributed by atoms with van der Waals surface area (Å²) in [5.74, 6) is -0.116. The van der Waals surface area contributed by atoms with Crippen LogP contribution in [0.4, 0.5) is 5.00 Å². The first-order chi connectivity index (χ1) is 17.0. The summed E-state index contributed by atoms with van der Waals surface area (Å²) >= 11 is 7.92. The van der Waals surface area contributed by atoms with Crippen molar-refractivity contribution < 1.29 is 14.3 Å². The summed E-state index contributed by atoms with van der Waals surface area (Å²) in [5, 5.41) is 4.87. The van der Waals surface area contributed by atoms with Crippen molar-refractivity contribution >= 4 is 50.7 Å². The molecule has 2 aromatic carbocycles. The van der Waals surface area contributed by atoms with E-state index in [1.165, 1.54) is 18.4 Å². The van der Waals surface area contributed by atoms with E-state index in [9.17, 15) is 9.59 Å². The van der Waals surface area contributed by atoms with E-state index in [2.05, 4.69) is 12.2 Å². The normalized spacial score (nSPS) is 15.0. The number of nitrogens with zero attached hydrogens (tertiary/aromatic N) is 1. The third-order valence-electron chi connectivity index (χ3n) is 6.67. The average Bonchev–Trinajstić information content (AvgIpc) is 3.24. The van der Waals surface area contributed by atoms with Crippen molar-refractivity contribution in [1.29, 1.82) is 0 Å². The van der Waals surface area contributed by atoms with Crippen molar-refractivity contribution in [2.75, 3.05) is 12.4 Å². The summed E-state index contributed by atoms with van der Waals surface area (Å²) < 4.78 is 5.09. The number of fused-ring (bicyclic) bond motifs is 2. The largest absolute Gasteiger partial charge is 0.465 e. The molecule has 35 heavy (non-hydrogen) atoms. The Kier molecular flexibility index (Phi) is 6.58.